The molecule has 1 aromatic carbocycles. The number of aryl methyl sites for hydroxylation is 2. The molecule has 30 heavy (non-hydrogen) atoms. The van der Waals surface area contributed by atoms with E-state index in [0.717, 1.165) is 11.6 Å². The third-order valence-electron chi connectivity index (χ3n) is 4.52. The predicted octanol–water partition coefficient (Wildman–Crippen LogP) is 3.39. The second kappa shape index (κ2) is 8.21. The van der Waals surface area contributed by atoms with Crippen LogP contribution in [0.2, 0.25) is 0 Å². The number of methoxy groups -OCH3 is 1. The highest BCUT2D eigenvalue weighted by molar-refractivity contribution is 5.84. The number of halogens is 3. The van der Waals surface area contributed by atoms with Gasteiger partial charge in [0.2, 0.25) is 5.88 Å². The maximum atomic E-state index is 13.5. The first-order valence-corrected chi connectivity index (χ1v) is 9.09. The molecule has 0 aliphatic heterocycles. The minimum absolute atomic E-state index is 0.0290. The molecule has 0 bridgehead atoms. The van der Waals surface area contributed by atoms with Gasteiger partial charge in [0.15, 0.2) is 11.8 Å². The second-order valence-corrected chi connectivity index (χ2v) is 6.74. The highest BCUT2D eigenvalue weighted by Gasteiger charge is 2.36. The van der Waals surface area contributed by atoms with Crippen molar-refractivity contribution >= 4 is 16.9 Å². The van der Waals surface area contributed by atoms with E-state index in [2.05, 4.69) is 15.4 Å². The Kier molecular flexibility index (Phi) is 5.86. The summed E-state index contributed by atoms with van der Waals surface area (Å²) in [6.45, 7) is 3.13. The number of nitrogens with one attached hydrogen (secondary N) is 1. The number of pyridine rings is 1. The molecular weight excluding hydrogens is 401 g/mol. The quantitative estimate of drug-likeness (QED) is 0.659. The Morgan fingerprint density at radius 1 is 1.30 bits per heavy atom. The molecule has 3 aromatic rings. The van der Waals surface area contributed by atoms with Gasteiger partial charge in [0.05, 0.1) is 23.8 Å². The molecule has 1 N–H and O–H groups in total. The molecule has 0 spiro atoms. The van der Waals surface area contributed by atoms with Gasteiger partial charge >= 0.3 is 6.18 Å². The van der Waals surface area contributed by atoms with Gasteiger partial charge in [0.25, 0.3) is 5.91 Å². The maximum absolute atomic E-state index is 13.5. The predicted molar refractivity (Wildman–Crippen MR) is 103 cm³/mol. The lowest BCUT2D eigenvalue weighted by molar-refractivity contribution is -0.136. The van der Waals surface area contributed by atoms with Crippen LogP contribution in [0.4, 0.5) is 13.2 Å². The first kappa shape index (κ1) is 21.4. The molecule has 0 fully saturated rings. The van der Waals surface area contributed by atoms with Crippen LogP contribution in [0.15, 0.2) is 30.3 Å². The molecule has 2 heterocycles. The Bertz CT molecular complexity index is 1080. The summed E-state index contributed by atoms with van der Waals surface area (Å²) in [6, 6.07) is 7.93. The summed E-state index contributed by atoms with van der Waals surface area (Å²) in [6.07, 6.45) is -5.68. The first-order valence-electron chi connectivity index (χ1n) is 9.09. The molecule has 0 aliphatic rings. The summed E-state index contributed by atoms with van der Waals surface area (Å²) in [5, 5.41) is 6.60. The van der Waals surface area contributed by atoms with Crippen molar-refractivity contribution in [2.24, 2.45) is 7.05 Å². The van der Waals surface area contributed by atoms with Crippen molar-refractivity contribution in [3.05, 3.63) is 47.2 Å². The lowest BCUT2D eigenvalue weighted by atomic mass is 10.1. The largest absolute Gasteiger partial charge is 0.497 e. The molecule has 2 aromatic heterocycles. The Hall–Kier alpha value is -3.30. The van der Waals surface area contributed by atoms with Crippen LogP contribution in [0, 0.1) is 6.92 Å². The van der Waals surface area contributed by atoms with Gasteiger partial charge in [-0.2, -0.15) is 23.3 Å². The molecular formula is C20H21F3N4O3. The molecule has 1 amide bonds. The average Bonchev–Trinajstić information content (AvgIpc) is 2.98. The van der Waals surface area contributed by atoms with E-state index in [9.17, 15) is 18.0 Å². The van der Waals surface area contributed by atoms with Gasteiger partial charge in [-0.1, -0.05) is 12.1 Å². The Balaban J connectivity index is 1.78. The molecule has 0 radical (unpaired) electrons. The SMILES string of the molecule is COc1cccc(CNC(=O)[C@@H](C)Oc2cc(C(F)(F)F)c3c(C)nn(C)c3n2)c1. The standard InChI is InChI=1S/C20H21F3N4O3/c1-11-17-15(20(21,22)23)9-16(25-18(17)27(3)26-11)30-12(2)19(28)24-10-13-6-5-7-14(8-13)29-4/h5-9,12H,10H2,1-4H3,(H,24,28)/t12-/m1/s1. The van der Waals surface area contributed by atoms with Crippen molar-refractivity contribution in [3.8, 4) is 11.6 Å². The Labute approximate surface area is 170 Å². The van der Waals surface area contributed by atoms with Gasteiger partial charge in [-0.3, -0.25) is 9.48 Å². The molecule has 0 aliphatic carbocycles. The molecule has 3 rings (SSSR count). The smallest absolute Gasteiger partial charge is 0.417 e. The van der Waals surface area contributed by atoms with Crippen LogP contribution in [0.1, 0.15) is 23.7 Å². The van der Waals surface area contributed by atoms with E-state index in [1.54, 1.807) is 18.2 Å². The van der Waals surface area contributed by atoms with Crippen molar-refractivity contribution in [2.45, 2.75) is 32.7 Å². The topological polar surface area (TPSA) is 78.3 Å². The monoisotopic (exact) mass is 422 g/mol. The molecule has 0 unspecified atom stereocenters. The van der Waals surface area contributed by atoms with Gasteiger partial charge in [0, 0.05) is 19.7 Å². The third-order valence-corrected chi connectivity index (χ3v) is 4.52. The van der Waals surface area contributed by atoms with Crippen molar-refractivity contribution in [3.63, 3.8) is 0 Å². The molecule has 7 nitrogen and oxygen atoms in total. The number of carbonyl (C=O) groups excluding carboxylic acids is 1. The van der Waals surface area contributed by atoms with Crippen LogP contribution in [0.25, 0.3) is 11.0 Å². The lowest BCUT2D eigenvalue weighted by Gasteiger charge is -2.16. The van der Waals surface area contributed by atoms with Crippen LogP contribution in [-0.2, 0) is 24.6 Å². The van der Waals surface area contributed by atoms with Crippen LogP contribution in [-0.4, -0.2) is 33.9 Å². The number of aromatic nitrogens is 3. The van der Waals surface area contributed by atoms with E-state index in [1.165, 1.54) is 32.7 Å². The van der Waals surface area contributed by atoms with E-state index in [4.69, 9.17) is 9.47 Å². The fourth-order valence-electron chi connectivity index (χ4n) is 3.06. The van der Waals surface area contributed by atoms with Crippen LogP contribution < -0.4 is 14.8 Å². The van der Waals surface area contributed by atoms with E-state index in [-0.39, 0.29) is 29.2 Å². The molecule has 1 atom stereocenters. The molecule has 160 valence electrons. The summed E-state index contributed by atoms with van der Waals surface area (Å²) >= 11 is 0. The fraction of sp³-hybridized carbons (Fsp3) is 0.350. The van der Waals surface area contributed by atoms with Gasteiger partial charge in [-0.15, -0.1) is 0 Å². The van der Waals surface area contributed by atoms with Crippen LogP contribution >= 0.6 is 0 Å². The average molecular weight is 422 g/mol. The number of ether oxygens (including phenoxy) is 2. The highest BCUT2D eigenvalue weighted by Crippen LogP contribution is 2.37. The number of carbonyl (C=O) groups is 1. The van der Waals surface area contributed by atoms with E-state index < -0.39 is 23.8 Å². The summed E-state index contributed by atoms with van der Waals surface area (Å²) in [5.41, 5.74) is 0.139. The Morgan fingerprint density at radius 3 is 2.70 bits per heavy atom. The third kappa shape index (κ3) is 4.47. The minimum Gasteiger partial charge on any atom is -0.497 e. The number of amides is 1. The second-order valence-electron chi connectivity index (χ2n) is 6.74. The number of nitrogens with zero attached hydrogens (tertiary/aromatic N) is 3. The fourth-order valence-corrected chi connectivity index (χ4v) is 3.06. The lowest BCUT2D eigenvalue weighted by Crippen LogP contribution is -2.36. The van der Waals surface area contributed by atoms with Gasteiger partial charge in [-0.25, -0.2) is 0 Å². The Morgan fingerprint density at radius 2 is 2.03 bits per heavy atom. The normalized spacial score (nSPS) is 12.6. The minimum atomic E-state index is -4.62. The zero-order valence-electron chi connectivity index (χ0n) is 16.9. The number of hydrogen-bond donors (Lipinski definition) is 1. The number of alkyl halides is 3. The zero-order valence-corrected chi connectivity index (χ0v) is 16.9. The van der Waals surface area contributed by atoms with Crippen LogP contribution in [0.3, 0.4) is 0 Å². The van der Waals surface area contributed by atoms with Crippen molar-refractivity contribution in [1.29, 1.82) is 0 Å². The molecule has 10 heteroatoms. The zero-order chi connectivity index (χ0) is 22.1. The number of benzene rings is 1. The van der Waals surface area contributed by atoms with Crippen LogP contribution in [0.5, 0.6) is 11.6 Å². The first-order chi connectivity index (χ1) is 14.1. The summed E-state index contributed by atoms with van der Waals surface area (Å²) in [7, 11) is 3.03. The maximum Gasteiger partial charge on any atom is 0.417 e. The van der Waals surface area contributed by atoms with E-state index in [0.29, 0.717) is 5.75 Å². The summed E-state index contributed by atoms with van der Waals surface area (Å²) in [5.74, 6) is -0.147. The van der Waals surface area contributed by atoms with Gasteiger partial charge < -0.3 is 14.8 Å². The number of hydrogen-bond acceptors (Lipinski definition) is 5. The number of fused-ring (bicyclic) bond motifs is 1. The summed E-state index contributed by atoms with van der Waals surface area (Å²) < 4.78 is 52.4. The van der Waals surface area contributed by atoms with Gasteiger partial charge in [0.1, 0.15) is 5.75 Å². The van der Waals surface area contributed by atoms with E-state index >= 15 is 0 Å². The van der Waals surface area contributed by atoms with Crippen molar-refractivity contribution in [2.75, 3.05) is 7.11 Å². The molecule has 0 saturated heterocycles. The van der Waals surface area contributed by atoms with Crippen molar-refractivity contribution in [1.82, 2.24) is 20.1 Å². The highest BCUT2D eigenvalue weighted by atomic mass is 19.4. The van der Waals surface area contributed by atoms with Crippen molar-refractivity contribution < 1.29 is 27.4 Å². The number of rotatable bonds is 6. The summed E-state index contributed by atoms with van der Waals surface area (Å²) in [4.78, 5) is 16.5. The molecule has 0 saturated carbocycles. The van der Waals surface area contributed by atoms with E-state index in [1.807, 2.05) is 6.07 Å². The van der Waals surface area contributed by atoms with Gasteiger partial charge in [-0.05, 0) is 31.5 Å².